The molecule has 0 spiro atoms. The number of thiophene rings is 2. The second kappa shape index (κ2) is 10.2. The average molecular weight is 615 g/mol. The Morgan fingerprint density at radius 3 is 1.82 bits per heavy atom. The molecule has 9 aromatic rings. The molecule has 0 saturated carbocycles. The van der Waals surface area contributed by atoms with Crippen molar-refractivity contribution in [2.75, 3.05) is 0 Å². The van der Waals surface area contributed by atoms with Crippen molar-refractivity contribution < 1.29 is 4.42 Å². The van der Waals surface area contributed by atoms with E-state index >= 15 is 0 Å². The first-order chi connectivity index (χ1) is 22.1. The van der Waals surface area contributed by atoms with E-state index in [2.05, 4.69) is 120 Å². The Bertz CT molecular complexity index is 2640. The predicted molar refractivity (Wildman–Crippen MR) is 195 cm³/mol. The molecule has 0 aliphatic rings. The van der Waals surface area contributed by atoms with Gasteiger partial charge in [0, 0.05) is 48.2 Å². The van der Waals surface area contributed by atoms with Gasteiger partial charge in [0.15, 0.2) is 0 Å². The molecule has 3 nitrogen and oxygen atoms in total. The molecule has 214 valence electrons. The van der Waals surface area contributed by atoms with Crippen molar-refractivity contribution >= 4 is 86.9 Å². The van der Waals surface area contributed by atoms with Gasteiger partial charge in [0.2, 0.25) is 0 Å². The van der Waals surface area contributed by atoms with Gasteiger partial charge >= 0.3 is 0 Å². The van der Waals surface area contributed by atoms with E-state index in [9.17, 15) is 0 Å². The van der Waals surface area contributed by atoms with Crippen LogP contribution < -0.4 is 0 Å². The number of pyridine rings is 1. The third kappa shape index (κ3) is 4.31. The minimum atomic E-state index is 0.896. The van der Waals surface area contributed by atoms with Crippen molar-refractivity contribution in [3.8, 4) is 33.4 Å². The topological polar surface area (TPSA) is 38.4 Å². The molecule has 4 aromatic heterocycles. The summed E-state index contributed by atoms with van der Waals surface area (Å²) >= 11 is 3.59. The number of hydrogen-bond donors (Lipinski definition) is 0. The molecule has 0 fully saturated rings. The SMILES string of the molecule is CC=Nc1c(C)sc2ccc(-c3cccc(-c4ccc5oc6ccc(-c7ccc8sc9cccnc9c8c7)cc6c5c4)c3)cc12. The van der Waals surface area contributed by atoms with Crippen LogP contribution in [0.3, 0.4) is 0 Å². The number of aromatic nitrogens is 1. The summed E-state index contributed by atoms with van der Waals surface area (Å²) in [6, 6.07) is 39.4. The van der Waals surface area contributed by atoms with E-state index in [1.54, 1.807) is 22.7 Å². The van der Waals surface area contributed by atoms with Gasteiger partial charge in [0.05, 0.1) is 15.9 Å². The number of aliphatic imine (C=N–C) groups is 1. The molecule has 0 aliphatic heterocycles. The van der Waals surface area contributed by atoms with E-state index in [0.717, 1.165) is 33.1 Å². The van der Waals surface area contributed by atoms with E-state index < -0.39 is 0 Å². The van der Waals surface area contributed by atoms with Gasteiger partial charge in [-0.05, 0) is 114 Å². The number of benzene rings is 5. The summed E-state index contributed by atoms with van der Waals surface area (Å²) in [5.74, 6) is 0. The van der Waals surface area contributed by atoms with E-state index in [1.807, 2.05) is 25.4 Å². The Morgan fingerprint density at radius 2 is 1.16 bits per heavy atom. The molecular weight excluding hydrogens is 589 g/mol. The number of hydrogen-bond acceptors (Lipinski definition) is 5. The Labute approximate surface area is 267 Å². The fourth-order valence-electron chi connectivity index (χ4n) is 6.47. The number of furan rings is 1. The standard InChI is InChI=1S/C40H26N2OS2/c1-3-41-39-23(2)44-36-15-11-28(21-32(36)39)25-7-4-6-24(18-25)26-9-13-34-30(19-26)31-20-27(10-14-35(31)43-34)29-12-16-37-33(22-29)40-38(45-37)8-5-17-42-40/h3-22H,1-2H3. The normalized spacial score (nSPS) is 12.1. The molecule has 9 rings (SSSR count). The molecule has 0 bridgehead atoms. The van der Waals surface area contributed by atoms with Crippen molar-refractivity contribution in [3.63, 3.8) is 0 Å². The fourth-order valence-corrected chi connectivity index (χ4v) is 8.50. The maximum absolute atomic E-state index is 6.30. The third-order valence-electron chi connectivity index (χ3n) is 8.65. The van der Waals surface area contributed by atoms with Gasteiger partial charge in [-0.25, -0.2) is 0 Å². The summed E-state index contributed by atoms with van der Waals surface area (Å²) in [5.41, 5.74) is 11.0. The van der Waals surface area contributed by atoms with Crippen LogP contribution in [0.15, 0.2) is 125 Å². The minimum Gasteiger partial charge on any atom is -0.456 e. The highest BCUT2D eigenvalue weighted by atomic mass is 32.1. The molecule has 0 amide bonds. The zero-order valence-corrected chi connectivity index (χ0v) is 26.3. The van der Waals surface area contributed by atoms with Crippen LogP contribution in [0.4, 0.5) is 5.69 Å². The molecule has 0 radical (unpaired) electrons. The minimum absolute atomic E-state index is 0.896. The molecular formula is C40H26N2OS2. The van der Waals surface area contributed by atoms with Crippen LogP contribution in [0.5, 0.6) is 0 Å². The molecule has 5 heteroatoms. The Morgan fingerprint density at radius 1 is 0.578 bits per heavy atom. The average Bonchev–Trinajstić information content (AvgIpc) is 3.74. The Balaban J connectivity index is 1.13. The lowest BCUT2D eigenvalue weighted by atomic mass is 9.97. The maximum atomic E-state index is 6.30. The lowest BCUT2D eigenvalue weighted by molar-refractivity contribution is 0.669. The second-order valence-corrected chi connectivity index (χ2v) is 13.7. The van der Waals surface area contributed by atoms with Crippen molar-refractivity contribution in [2.45, 2.75) is 13.8 Å². The van der Waals surface area contributed by atoms with Gasteiger partial charge in [-0.3, -0.25) is 9.98 Å². The van der Waals surface area contributed by atoms with E-state index in [-0.39, 0.29) is 0 Å². The lowest BCUT2D eigenvalue weighted by Gasteiger charge is -2.07. The summed E-state index contributed by atoms with van der Waals surface area (Å²) in [5, 5.41) is 4.66. The highest BCUT2D eigenvalue weighted by Gasteiger charge is 2.14. The molecule has 0 aliphatic carbocycles. The zero-order chi connectivity index (χ0) is 30.1. The van der Waals surface area contributed by atoms with E-state index in [1.165, 1.54) is 63.1 Å². The molecule has 0 unspecified atom stereocenters. The van der Waals surface area contributed by atoms with Crippen LogP contribution in [0.2, 0.25) is 0 Å². The monoisotopic (exact) mass is 614 g/mol. The van der Waals surface area contributed by atoms with Crippen LogP contribution in [0, 0.1) is 6.92 Å². The fraction of sp³-hybridized carbons (Fsp3) is 0.0500. The molecule has 0 N–H and O–H groups in total. The van der Waals surface area contributed by atoms with E-state index in [4.69, 9.17) is 4.42 Å². The van der Waals surface area contributed by atoms with Crippen molar-refractivity contribution in [3.05, 3.63) is 120 Å². The summed E-state index contributed by atoms with van der Waals surface area (Å²) in [6.07, 6.45) is 3.75. The van der Waals surface area contributed by atoms with Crippen molar-refractivity contribution in [1.82, 2.24) is 4.98 Å². The largest absolute Gasteiger partial charge is 0.456 e. The zero-order valence-electron chi connectivity index (χ0n) is 24.7. The summed E-state index contributed by atoms with van der Waals surface area (Å²) < 4.78 is 10.0. The summed E-state index contributed by atoms with van der Waals surface area (Å²) in [7, 11) is 0. The summed E-state index contributed by atoms with van der Waals surface area (Å²) in [4.78, 5) is 10.6. The van der Waals surface area contributed by atoms with Gasteiger partial charge in [-0.15, -0.1) is 22.7 Å². The second-order valence-electron chi connectivity index (χ2n) is 11.4. The van der Waals surface area contributed by atoms with Gasteiger partial charge in [0.25, 0.3) is 0 Å². The summed E-state index contributed by atoms with van der Waals surface area (Å²) in [6.45, 7) is 4.12. The Kier molecular flexibility index (Phi) is 5.98. The van der Waals surface area contributed by atoms with Gasteiger partial charge < -0.3 is 4.42 Å². The maximum Gasteiger partial charge on any atom is 0.135 e. The number of rotatable bonds is 4. The van der Waals surface area contributed by atoms with Crippen LogP contribution in [-0.4, -0.2) is 11.2 Å². The number of aryl methyl sites for hydroxylation is 1. The first kappa shape index (κ1) is 26.3. The Hall–Kier alpha value is -5.10. The molecule has 5 aromatic carbocycles. The predicted octanol–water partition coefficient (Wildman–Crippen LogP) is 12.6. The van der Waals surface area contributed by atoms with Crippen LogP contribution >= 0.6 is 22.7 Å². The first-order valence-electron chi connectivity index (χ1n) is 15.0. The smallest absolute Gasteiger partial charge is 0.135 e. The molecule has 4 heterocycles. The third-order valence-corrected chi connectivity index (χ3v) is 10.8. The number of nitrogens with zero attached hydrogens (tertiary/aromatic N) is 2. The lowest BCUT2D eigenvalue weighted by Crippen LogP contribution is -1.82. The van der Waals surface area contributed by atoms with Gasteiger partial charge in [-0.2, -0.15) is 0 Å². The van der Waals surface area contributed by atoms with Crippen LogP contribution in [-0.2, 0) is 0 Å². The van der Waals surface area contributed by atoms with Crippen molar-refractivity contribution in [1.29, 1.82) is 0 Å². The molecule has 0 atom stereocenters. The molecule has 0 saturated heterocycles. The van der Waals surface area contributed by atoms with Gasteiger partial charge in [0.1, 0.15) is 11.2 Å². The van der Waals surface area contributed by atoms with Crippen LogP contribution in [0.25, 0.3) is 85.7 Å². The first-order valence-corrected chi connectivity index (χ1v) is 16.6. The highest BCUT2D eigenvalue weighted by Crippen LogP contribution is 2.41. The van der Waals surface area contributed by atoms with Gasteiger partial charge in [-0.1, -0.05) is 42.5 Å². The highest BCUT2D eigenvalue weighted by molar-refractivity contribution is 7.25. The molecule has 45 heavy (non-hydrogen) atoms. The van der Waals surface area contributed by atoms with E-state index in [0.29, 0.717) is 0 Å². The quantitative estimate of drug-likeness (QED) is 0.185. The van der Waals surface area contributed by atoms with Crippen molar-refractivity contribution in [2.24, 2.45) is 4.99 Å². The number of fused-ring (bicyclic) bond motifs is 7. The van der Waals surface area contributed by atoms with Crippen LogP contribution in [0.1, 0.15) is 11.8 Å².